The SMILES string of the molecule is CC1CC(c2cc3cn(-c4cc(F)c5nn(C)cc5c4)nc3s2)CCN1. The van der Waals surface area contributed by atoms with Gasteiger partial charge in [0.2, 0.25) is 0 Å². The Kier molecular flexibility index (Phi) is 3.62. The van der Waals surface area contributed by atoms with Gasteiger partial charge in [0.1, 0.15) is 10.3 Å². The van der Waals surface area contributed by atoms with Crippen LogP contribution in [-0.2, 0) is 7.05 Å². The third-order valence-electron chi connectivity index (χ3n) is 5.17. The van der Waals surface area contributed by atoms with Gasteiger partial charge in [0.15, 0.2) is 5.82 Å². The van der Waals surface area contributed by atoms with Crippen LogP contribution in [0, 0.1) is 5.82 Å². The highest BCUT2D eigenvalue weighted by Gasteiger charge is 2.22. The fraction of sp³-hybridized carbons (Fsp3) is 0.368. The molecule has 0 aliphatic carbocycles. The first-order valence-corrected chi connectivity index (χ1v) is 9.74. The summed E-state index contributed by atoms with van der Waals surface area (Å²) in [6, 6.07) is 6.25. The largest absolute Gasteiger partial charge is 0.314 e. The maximum atomic E-state index is 14.4. The molecule has 2 atom stereocenters. The van der Waals surface area contributed by atoms with Crippen LogP contribution in [0.2, 0.25) is 0 Å². The van der Waals surface area contributed by atoms with Gasteiger partial charge in [-0.15, -0.1) is 11.3 Å². The molecule has 5 nitrogen and oxygen atoms in total. The third-order valence-corrected chi connectivity index (χ3v) is 6.37. The highest BCUT2D eigenvalue weighted by molar-refractivity contribution is 7.18. The molecule has 0 radical (unpaired) electrons. The van der Waals surface area contributed by atoms with Crippen molar-refractivity contribution in [3.63, 3.8) is 0 Å². The molecule has 3 aromatic heterocycles. The van der Waals surface area contributed by atoms with E-state index in [-0.39, 0.29) is 5.82 Å². The Labute approximate surface area is 154 Å². The van der Waals surface area contributed by atoms with Crippen LogP contribution < -0.4 is 5.32 Å². The number of benzene rings is 1. The van der Waals surface area contributed by atoms with Gasteiger partial charge in [-0.3, -0.25) is 4.68 Å². The van der Waals surface area contributed by atoms with E-state index in [9.17, 15) is 4.39 Å². The van der Waals surface area contributed by atoms with Crippen molar-refractivity contribution in [2.24, 2.45) is 7.05 Å². The first kappa shape index (κ1) is 16.0. The summed E-state index contributed by atoms with van der Waals surface area (Å²) in [6.45, 7) is 3.32. The molecule has 26 heavy (non-hydrogen) atoms. The number of hydrogen-bond donors (Lipinski definition) is 1. The molecule has 0 saturated carbocycles. The topological polar surface area (TPSA) is 47.7 Å². The van der Waals surface area contributed by atoms with Crippen LogP contribution in [0.25, 0.3) is 26.8 Å². The van der Waals surface area contributed by atoms with Crippen LogP contribution in [0.3, 0.4) is 0 Å². The first-order valence-electron chi connectivity index (χ1n) is 8.92. The second-order valence-electron chi connectivity index (χ2n) is 7.23. The zero-order valence-electron chi connectivity index (χ0n) is 14.7. The first-order chi connectivity index (χ1) is 12.6. The number of hydrogen-bond acceptors (Lipinski definition) is 4. The Balaban J connectivity index is 1.51. The van der Waals surface area contributed by atoms with Crippen LogP contribution >= 0.6 is 11.3 Å². The highest BCUT2D eigenvalue weighted by atomic mass is 32.1. The minimum Gasteiger partial charge on any atom is -0.314 e. The Hall–Kier alpha value is -2.25. The molecule has 2 unspecified atom stereocenters. The summed E-state index contributed by atoms with van der Waals surface area (Å²) in [7, 11) is 1.80. The van der Waals surface area contributed by atoms with Crippen molar-refractivity contribution in [3.8, 4) is 5.69 Å². The summed E-state index contributed by atoms with van der Waals surface area (Å²) in [5.74, 6) is 0.296. The Morgan fingerprint density at radius 2 is 2.08 bits per heavy atom. The van der Waals surface area contributed by atoms with Gasteiger partial charge in [-0.05, 0) is 44.4 Å². The standard InChI is InChI=1S/C19H20FN5S/c1-11-5-12(3-4-21-11)17-7-14-10-25(23-19(14)26-17)15-6-13-9-24(2)22-18(13)16(20)8-15/h6-12,21H,3-5H2,1-2H3. The van der Waals surface area contributed by atoms with Crippen molar-refractivity contribution >= 4 is 32.5 Å². The van der Waals surface area contributed by atoms with Crippen LogP contribution in [0.5, 0.6) is 0 Å². The lowest BCUT2D eigenvalue weighted by Crippen LogP contribution is -2.34. The molecule has 1 aliphatic rings. The van der Waals surface area contributed by atoms with Gasteiger partial charge in [0.25, 0.3) is 0 Å². The maximum absolute atomic E-state index is 14.4. The average molecular weight is 369 g/mol. The maximum Gasteiger partial charge on any atom is 0.153 e. The van der Waals surface area contributed by atoms with Gasteiger partial charge in [-0.2, -0.15) is 10.2 Å². The van der Waals surface area contributed by atoms with Crippen molar-refractivity contribution in [1.29, 1.82) is 0 Å². The van der Waals surface area contributed by atoms with E-state index < -0.39 is 0 Å². The molecule has 1 fully saturated rings. The summed E-state index contributed by atoms with van der Waals surface area (Å²) in [5.41, 5.74) is 1.12. The number of piperidine rings is 1. The van der Waals surface area contributed by atoms with Crippen molar-refractivity contribution < 1.29 is 4.39 Å². The molecule has 4 heterocycles. The van der Waals surface area contributed by atoms with E-state index in [2.05, 4.69) is 23.4 Å². The number of nitrogens with zero attached hydrogens (tertiary/aromatic N) is 4. The fourth-order valence-corrected chi connectivity index (χ4v) is 5.05. The Morgan fingerprint density at radius 3 is 2.88 bits per heavy atom. The van der Waals surface area contributed by atoms with Crippen molar-refractivity contribution in [2.75, 3.05) is 6.54 Å². The van der Waals surface area contributed by atoms with E-state index in [1.807, 2.05) is 18.5 Å². The van der Waals surface area contributed by atoms with Gasteiger partial charge in [-0.25, -0.2) is 9.07 Å². The van der Waals surface area contributed by atoms with Gasteiger partial charge in [0, 0.05) is 47.2 Å². The molecule has 1 aromatic carbocycles. The number of halogens is 1. The molecule has 134 valence electrons. The van der Waals surface area contributed by atoms with Gasteiger partial charge in [0.05, 0.1) is 5.69 Å². The quantitative estimate of drug-likeness (QED) is 0.582. The molecule has 1 saturated heterocycles. The summed E-state index contributed by atoms with van der Waals surface area (Å²) in [5, 5.41) is 14.3. The lowest BCUT2D eigenvalue weighted by atomic mass is 9.92. The lowest BCUT2D eigenvalue weighted by Gasteiger charge is -2.27. The van der Waals surface area contributed by atoms with Crippen LogP contribution in [0.1, 0.15) is 30.6 Å². The van der Waals surface area contributed by atoms with E-state index in [1.165, 1.54) is 23.8 Å². The van der Waals surface area contributed by atoms with Gasteiger partial charge in [-0.1, -0.05) is 0 Å². The highest BCUT2D eigenvalue weighted by Crippen LogP contribution is 2.36. The smallest absolute Gasteiger partial charge is 0.153 e. The van der Waals surface area contributed by atoms with Crippen molar-refractivity contribution in [2.45, 2.75) is 31.7 Å². The monoisotopic (exact) mass is 369 g/mol. The Bertz CT molecular complexity index is 1080. The molecule has 1 N–H and O–H groups in total. The molecular weight excluding hydrogens is 349 g/mol. The summed E-state index contributed by atoms with van der Waals surface area (Å²) >= 11 is 1.76. The van der Waals surface area contributed by atoms with E-state index in [0.29, 0.717) is 17.5 Å². The van der Waals surface area contributed by atoms with E-state index in [0.717, 1.165) is 27.8 Å². The van der Waals surface area contributed by atoms with Crippen molar-refractivity contribution in [3.05, 3.63) is 41.3 Å². The molecule has 5 rings (SSSR count). The minimum absolute atomic E-state index is 0.318. The number of aromatic nitrogens is 4. The number of thiophene rings is 1. The molecule has 7 heteroatoms. The van der Waals surface area contributed by atoms with Gasteiger partial charge < -0.3 is 5.32 Å². The fourth-order valence-electron chi connectivity index (χ4n) is 3.90. The second kappa shape index (κ2) is 5.89. The zero-order chi connectivity index (χ0) is 17.8. The molecule has 1 aliphatic heterocycles. The average Bonchev–Trinajstić information content (AvgIpc) is 3.26. The number of nitrogens with one attached hydrogen (secondary N) is 1. The zero-order valence-corrected chi connectivity index (χ0v) is 15.6. The molecule has 0 amide bonds. The van der Waals surface area contributed by atoms with Crippen LogP contribution in [0.4, 0.5) is 4.39 Å². The lowest BCUT2D eigenvalue weighted by molar-refractivity contribution is 0.384. The predicted octanol–water partition coefficient (Wildman–Crippen LogP) is 3.97. The van der Waals surface area contributed by atoms with E-state index in [4.69, 9.17) is 5.10 Å². The predicted molar refractivity (Wildman–Crippen MR) is 103 cm³/mol. The third kappa shape index (κ3) is 2.62. The summed E-state index contributed by atoms with van der Waals surface area (Å²) < 4.78 is 17.8. The van der Waals surface area contributed by atoms with E-state index in [1.54, 1.807) is 27.7 Å². The second-order valence-corrected chi connectivity index (χ2v) is 8.29. The molecule has 0 bridgehead atoms. The number of rotatable bonds is 2. The summed E-state index contributed by atoms with van der Waals surface area (Å²) in [6.07, 6.45) is 6.17. The normalized spacial score (nSPS) is 21.0. The molecular formula is C19H20FN5S. The molecule has 4 aromatic rings. The van der Waals surface area contributed by atoms with Gasteiger partial charge >= 0.3 is 0 Å². The van der Waals surface area contributed by atoms with E-state index >= 15 is 0 Å². The Morgan fingerprint density at radius 1 is 1.19 bits per heavy atom. The summed E-state index contributed by atoms with van der Waals surface area (Å²) in [4.78, 5) is 2.43. The molecule has 0 spiro atoms. The minimum atomic E-state index is -0.318. The number of aryl methyl sites for hydroxylation is 1. The number of fused-ring (bicyclic) bond motifs is 2. The van der Waals surface area contributed by atoms with Crippen LogP contribution in [-0.4, -0.2) is 32.1 Å². The van der Waals surface area contributed by atoms with Crippen LogP contribution in [0.15, 0.2) is 30.6 Å². The van der Waals surface area contributed by atoms with Crippen molar-refractivity contribution in [1.82, 2.24) is 24.9 Å².